The first-order valence-corrected chi connectivity index (χ1v) is 34.1. The van der Waals surface area contributed by atoms with Gasteiger partial charge in [0.2, 0.25) is 0 Å². The molecule has 5 rings (SSSR count). The summed E-state index contributed by atoms with van der Waals surface area (Å²) in [6.07, 6.45) is 36.8. The zero-order valence-corrected chi connectivity index (χ0v) is 55.5. The van der Waals surface area contributed by atoms with Crippen molar-refractivity contribution in [3.63, 3.8) is 0 Å². The van der Waals surface area contributed by atoms with Crippen LogP contribution < -0.4 is 78.4 Å². The van der Waals surface area contributed by atoms with Crippen molar-refractivity contribution in [3.05, 3.63) is 130 Å². The second-order valence-electron chi connectivity index (χ2n) is 22.0. The molecule has 1 fully saturated rings. The monoisotopic (exact) mass is 1130 g/mol. The largest absolute Gasteiger partial charge is 1.00 e. The molecule has 0 amide bonds. The second-order valence-corrected chi connectivity index (χ2v) is 25.6. The Morgan fingerprint density at radius 1 is 0.333 bits per heavy atom. The van der Waals surface area contributed by atoms with E-state index in [0.29, 0.717) is 24.3 Å². The molecule has 8 nitrogen and oxygen atoms in total. The van der Waals surface area contributed by atoms with Crippen molar-refractivity contribution in [2.45, 2.75) is 243 Å². The molecular formula is C66H100Na2O8P2. The normalized spacial score (nSPS) is 17.5. The minimum atomic E-state index is -4.02. The summed E-state index contributed by atoms with van der Waals surface area (Å²) in [5, 5.41) is 0. The fourth-order valence-electron chi connectivity index (χ4n) is 11.6. The SMILES string of the molecule is CCCCCCCCCCCCCCCCOc1ccc(C2C(c3ccc(CP(=O)([O-])OCC)cc3)C(c3ccc(CP(=O)([O-])OCC)cc3)C2c2ccc(OCCCCCCCCCCCCCCCC)cc2)cc1.[Na+].[Na+]. The zero-order chi connectivity index (χ0) is 54.1. The van der Waals surface area contributed by atoms with Gasteiger partial charge in [-0.25, -0.2) is 0 Å². The van der Waals surface area contributed by atoms with Gasteiger partial charge < -0.3 is 37.4 Å². The Hall–Kier alpha value is -1.22. The van der Waals surface area contributed by atoms with Gasteiger partial charge in [-0.05, 0) is 108 Å². The van der Waals surface area contributed by atoms with Gasteiger partial charge in [0, 0.05) is 12.3 Å². The van der Waals surface area contributed by atoms with Crippen molar-refractivity contribution in [3.8, 4) is 11.5 Å². The maximum atomic E-state index is 12.7. The molecule has 12 heteroatoms. The second kappa shape index (κ2) is 41.7. The molecule has 0 heterocycles. The van der Waals surface area contributed by atoms with Gasteiger partial charge in [0.1, 0.15) is 26.7 Å². The van der Waals surface area contributed by atoms with Gasteiger partial charge in [0.15, 0.2) is 0 Å². The van der Waals surface area contributed by atoms with E-state index < -0.39 is 15.2 Å². The standard InChI is InChI=1S/C66H102O8P2.2Na/c1-5-9-11-13-15-17-19-21-23-25-27-29-31-33-51-71-61-47-43-59(44-48-61)65-63(57-39-35-55(36-40-57)53-75(67,68)73-7-3)64(58-41-37-56(38-42-58)54-76(69,70)74-8-4)66(65)60-45-49-62(50-46-60)72-52-34-32-30-28-26-24-22-20-18-16-14-12-10-6-2;;/h35-50,63-66H,5-34,51-54H2,1-4H3,(H,67,68)(H,69,70);;/q;2*+1/p-2. The van der Waals surface area contributed by atoms with Crippen LogP contribution in [0.5, 0.6) is 11.5 Å². The molecule has 424 valence electrons. The molecule has 78 heavy (non-hydrogen) atoms. The maximum absolute atomic E-state index is 12.7. The van der Waals surface area contributed by atoms with Gasteiger partial charge in [-0.1, -0.05) is 254 Å². The van der Waals surface area contributed by atoms with Crippen LogP contribution >= 0.6 is 15.2 Å². The molecule has 1 aliphatic rings. The Balaban J connectivity index is 0.00000800. The number of ether oxygens (including phenoxy) is 2. The summed E-state index contributed by atoms with van der Waals surface area (Å²) in [6.45, 7) is 9.57. The molecule has 4 aromatic rings. The van der Waals surface area contributed by atoms with Crippen LogP contribution in [0.15, 0.2) is 97.1 Å². The Morgan fingerprint density at radius 2 is 0.551 bits per heavy atom. The Bertz CT molecular complexity index is 2050. The number of unbranched alkanes of at least 4 members (excludes halogenated alkanes) is 26. The number of hydrogen-bond acceptors (Lipinski definition) is 8. The van der Waals surface area contributed by atoms with Gasteiger partial charge in [-0.15, -0.1) is 0 Å². The average Bonchev–Trinajstić information content (AvgIpc) is 3.60. The number of rotatable bonds is 44. The van der Waals surface area contributed by atoms with Crippen LogP contribution in [0.3, 0.4) is 0 Å². The minimum absolute atomic E-state index is 0. The predicted octanol–water partition coefficient (Wildman–Crippen LogP) is 13.0. The molecule has 4 aromatic carbocycles. The topological polar surface area (TPSA) is 117 Å². The number of benzene rings is 4. The van der Waals surface area contributed by atoms with Crippen LogP contribution in [0.2, 0.25) is 0 Å². The zero-order valence-electron chi connectivity index (χ0n) is 49.7. The van der Waals surface area contributed by atoms with Crippen LogP contribution in [0.25, 0.3) is 0 Å². The molecular weight excluding hydrogens is 1030 g/mol. The Morgan fingerprint density at radius 3 is 0.782 bits per heavy atom. The fourth-order valence-corrected chi connectivity index (χ4v) is 13.9. The third-order valence-corrected chi connectivity index (χ3v) is 18.6. The van der Waals surface area contributed by atoms with Crippen molar-refractivity contribution >= 4 is 15.2 Å². The van der Waals surface area contributed by atoms with E-state index in [0.717, 1.165) is 35.5 Å². The third kappa shape index (κ3) is 27.0. The summed E-state index contributed by atoms with van der Waals surface area (Å²) < 4.78 is 48.2. The van der Waals surface area contributed by atoms with Crippen LogP contribution in [-0.2, 0) is 30.5 Å². The third-order valence-electron chi connectivity index (χ3n) is 15.7. The smallest absolute Gasteiger partial charge is 0.778 e. The summed E-state index contributed by atoms with van der Waals surface area (Å²) in [5.74, 6) is 1.97. The Labute approximate surface area is 519 Å². The van der Waals surface area contributed by atoms with Crippen LogP contribution in [0, 0.1) is 0 Å². The summed E-state index contributed by atoms with van der Waals surface area (Å²) >= 11 is 0. The summed E-state index contributed by atoms with van der Waals surface area (Å²) in [6, 6.07) is 33.3. The molecule has 1 aliphatic carbocycles. The van der Waals surface area contributed by atoms with Gasteiger partial charge in [0.05, 0.1) is 26.4 Å². The van der Waals surface area contributed by atoms with Crippen molar-refractivity contribution in [2.24, 2.45) is 0 Å². The van der Waals surface area contributed by atoms with Crippen LogP contribution in [0.4, 0.5) is 0 Å². The summed E-state index contributed by atoms with van der Waals surface area (Å²) in [4.78, 5) is 25.4. The van der Waals surface area contributed by atoms with E-state index in [2.05, 4.69) is 86.6 Å². The summed E-state index contributed by atoms with van der Waals surface area (Å²) in [5.41, 5.74) is 6.01. The Kier molecular flexibility index (Phi) is 38.0. The summed E-state index contributed by atoms with van der Waals surface area (Å²) in [7, 11) is -8.04. The van der Waals surface area contributed by atoms with Crippen LogP contribution in [0.1, 0.15) is 265 Å². The van der Waals surface area contributed by atoms with Crippen molar-refractivity contribution < 1.29 is 96.6 Å². The molecule has 0 radical (unpaired) electrons. The predicted molar refractivity (Wildman–Crippen MR) is 314 cm³/mol. The van der Waals surface area contributed by atoms with Gasteiger partial charge in [-0.2, -0.15) is 0 Å². The molecule has 0 aromatic heterocycles. The number of hydrogen-bond donors (Lipinski definition) is 0. The van der Waals surface area contributed by atoms with Gasteiger partial charge >= 0.3 is 59.1 Å². The van der Waals surface area contributed by atoms with E-state index >= 15 is 0 Å². The van der Waals surface area contributed by atoms with Gasteiger partial charge in [0.25, 0.3) is 0 Å². The average molecular weight is 1130 g/mol. The van der Waals surface area contributed by atoms with Crippen molar-refractivity contribution in [1.82, 2.24) is 0 Å². The van der Waals surface area contributed by atoms with E-state index in [1.165, 1.54) is 178 Å². The first-order chi connectivity index (χ1) is 37.1. The molecule has 6 atom stereocenters. The molecule has 0 aliphatic heterocycles. The van der Waals surface area contributed by atoms with E-state index in [1.807, 2.05) is 24.3 Å². The first-order valence-electron chi connectivity index (χ1n) is 30.6. The quantitative estimate of drug-likeness (QED) is 0.0244. The minimum Gasteiger partial charge on any atom is -0.778 e. The van der Waals surface area contributed by atoms with Crippen molar-refractivity contribution in [2.75, 3.05) is 26.4 Å². The van der Waals surface area contributed by atoms with Crippen LogP contribution in [-0.4, -0.2) is 26.4 Å². The molecule has 0 bridgehead atoms. The van der Waals surface area contributed by atoms with Gasteiger partial charge in [-0.3, -0.25) is 0 Å². The molecule has 1 saturated carbocycles. The van der Waals surface area contributed by atoms with E-state index in [-0.39, 0.29) is 108 Å². The molecule has 0 N–H and O–H groups in total. The van der Waals surface area contributed by atoms with E-state index in [9.17, 15) is 18.9 Å². The van der Waals surface area contributed by atoms with Crippen molar-refractivity contribution in [1.29, 1.82) is 0 Å². The first kappa shape index (κ1) is 71.0. The molecule has 6 unspecified atom stereocenters. The van der Waals surface area contributed by atoms with E-state index in [4.69, 9.17) is 18.5 Å². The fraction of sp³-hybridized carbons (Fsp3) is 0.636. The maximum Gasteiger partial charge on any atom is 1.00 e. The van der Waals surface area contributed by atoms with E-state index in [1.54, 1.807) is 13.8 Å². The molecule has 0 saturated heterocycles. The molecule has 0 spiro atoms.